The molecule has 0 aliphatic carbocycles. The molecule has 0 saturated heterocycles. The van der Waals surface area contributed by atoms with Crippen molar-refractivity contribution < 1.29 is 4.79 Å². The molecule has 1 aromatic heterocycles. The zero-order valence-electron chi connectivity index (χ0n) is 10.4. The van der Waals surface area contributed by atoms with E-state index >= 15 is 0 Å². The van der Waals surface area contributed by atoms with E-state index in [0.29, 0.717) is 10.9 Å². The molecule has 8 heteroatoms. The van der Waals surface area contributed by atoms with Gasteiger partial charge in [-0.2, -0.15) is 10.4 Å². The van der Waals surface area contributed by atoms with Crippen molar-refractivity contribution >= 4 is 35.1 Å². The van der Waals surface area contributed by atoms with Crippen molar-refractivity contribution in [3.8, 4) is 6.07 Å². The highest BCUT2D eigenvalue weighted by Gasteiger charge is 2.08. The smallest absolute Gasteiger partial charge is 0.234 e. The lowest BCUT2D eigenvalue weighted by Gasteiger charge is -2.08. The summed E-state index contributed by atoms with van der Waals surface area (Å²) >= 11 is 2.67. The van der Waals surface area contributed by atoms with Gasteiger partial charge in [-0.1, -0.05) is 23.9 Å². The molecule has 0 aliphatic heterocycles. The molecule has 102 valence electrons. The van der Waals surface area contributed by atoms with Crippen molar-refractivity contribution in [3.05, 3.63) is 30.6 Å². The SMILES string of the molecule is N#CCSc1ccccc1NC(=O)CSc1ncn[nH]1. The zero-order chi connectivity index (χ0) is 14.2. The Kier molecular flexibility index (Phi) is 5.46. The van der Waals surface area contributed by atoms with Crippen molar-refractivity contribution in [2.75, 3.05) is 16.8 Å². The van der Waals surface area contributed by atoms with E-state index in [-0.39, 0.29) is 11.7 Å². The number of benzene rings is 1. The summed E-state index contributed by atoms with van der Waals surface area (Å²) in [6, 6.07) is 9.48. The van der Waals surface area contributed by atoms with Gasteiger partial charge in [0, 0.05) is 4.90 Å². The molecule has 2 aromatic rings. The number of aromatic amines is 1. The maximum Gasteiger partial charge on any atom is 0.234 e. The second-order valence-corrected chi connectivity index (χ2v) is 5.55. The molecule has 0 radical (unpaired) electrons. The van der Waals surface area contributed by atoms with Crippen molar-refractivity contribution in [2.45, 2.75) is 10.1 Å². The summed E-state index contributed by atoms with van der Waals surface area (Å²) in [6.07, 6.45) is 1.40. The van der Waals surface area contributed by atoms with E-state index in [1.54, 1.807) is 0 Å². The molecular formula is C12H11N5OS2. The molecule has 20 heavy (non-hydrogen) atoms. The monoisotopic (exact) mass is 305 g/mol. The maximum atomic E-state index is 11.9. The summed E-state index contributed by atoms with van der Waals surface area (Å²) in [4.78, 5) is 16.7. The third-order valence-corrected chi connectivity index (χ3v) is 4.00. The molecule has 0 unspecified atom stereocenters. The number of nitriles is 1. The molecule has 0 atom stereocenters. The normalized spacial score (nSPS) is 9.95. The first-order valence-electron chi connectivity index (χ1n) is 5.66. The second-order valence-electron chi connectivity index (χ2n) is 3.57. The summed E-state index contributed by atoms with van der Waals surface area (Å²) in [7, 11) is 0. The molecule has 2 rings (SSSR count). The lowest BCUT2D eigenvalue weighted by Crippen LogP contribution is -2.14. The summed E-state index contributed by atoms with van der Waals surface area (Å²) in [6.45, 7) is 0. The van der Waals surface area contributed by atoms with Gasteiger partial charge in [-0.05, 0) is 12.1 Å². The van der Waals surface area contributed by atoms with E-state index in [1.807, 2.05) is 24.3 Å². The van der Waals surface area contributed by atoms with Crippen molar-refractivity contribution in [3.63, 3.8) is 0 Å². The molecule has 0 spiro atoms. The van der Waals surface area contributed by atoms with Crippen LogP contribution in [0.1, 0.15) is 0 Å². The predicted molar refractivity (Wildman–Crippen MR) is 78.5 cm³/mol. The highest BCUT2D eigenvalue weighted by molar-refractivity contribution is 8.00. The Morgan fingerprint density at radius 1 is 1.40 bits per heavy atom. The number of aromatic nitrogens is 3. The molecular weight excluding hydrogens is 294 g/mol. The first kappa shape index (κ1) is 14.4. The van der Waals surface area contributed by atoms with E-state index < -0.39 is 0 Å². The lowest BCUT2D eigenvalue weighted by molar-refractivity contribution is -0.113. The third kappa shape index (κ3) is 4.29. The number of amides is 1. The van der Waals surface area contributed by atoms with Crippen LogP contribution in [0.3, 0.4) is 0 Å². The largest absolute Gasteiger partial charge is 0.324 e. The van der Waals surface area contributed by atoms with Gasteiger partial charge >= 0.3 is 0 Å². The van der Waals surface area contributed by atoms with Crippen molar-refractivity contribution in [1.29, 1.82) is 5.26 Å². The molecule has 1 heterocycles. The van der Waals surface area contributed by atoms with Crippen LogP contribution in [0.15, 0.2) is 40.6 Å². The summed E-state index contributed by atoms with van der Waals surface area (Å²) in [5.74, 6) is 0.461. The Labute approximate surface area is 124 Å². The first-order valence-corrected chi connectivity index (χ1v) is 7.63. The number of thioether (sulfide) groups is 2. The average Bonchev–Trinajstić information content (AvgIpc) is 2.97. The number of hydrogen-bond acceptors (Lipinski definition) is 6. The Morgan fingerprint density at radius 3 is 3.00 bits per heavy atom. The number of anilines is 1. The zero-order valence-corrected chi connectivity index (χ0v) is 12.0. The predicted octanol–water partition coefficient (Wildman–Crippen LogP) is 2.15. The molecule has 1 aromatic carbocycles. The van der Waals surface area contributed by atoms with E-state index in [0.717, 1.165) is 10.6 Å². The van der Waals surface area contributed by atoms with Gasteiger partial charge in [0.05, 0.1) is 23.3 Å². The number of carbonyl (C=O) groups is 1. The third-order valence-electron chi connectivity index (χ3n) is 2.19. The van der Waals surface area contributed by atoms with Crippen LogP contribution in [0, 0.1) is 11.3 Å². The minimum atomic E-state index is -0.128. The number of nitrogens with zero attached hydrogens (tertiary/aromatic N) is 3. The van der Waals surface area contributed by atoms with Crippen LogP contribution in [-0.4, -0.2) is 32.6 Å². The van der Waals surface area contributed by atoms with Gasteiger partial charge in [0.1, 0.15) is 6.33 Å². The molecule has 1 amide bonds. The van der Waals surface area contributed by atoms with Crippen LogP contribution in [0.5, 0.6) is 0 Å². The van der Waals surface area contributed by atoms with Gasteiger partial charge in [-0.3, -0.25) is 9.89 Å². The molecule has 0 saturated carbocycles. The summed E-state index contributed by atoms with van der Waals surface area (Å²) in [5, 5.41) is 18.4. The van der Waals surface area contributed by atoms with Gasteiger partial charge in [-0.15, -0.1) is 11.8 Å². The van der Waals surface area contributed by atoms with E-state index in [4.69, 9.17) is 5.26 Å². The van der Waals surface area contributed by atoms with E-state index in [2.05, 4.69) is 26.6 Å². The lowest BCUT2D eigenvalue weighted by atomic mass is 10.3. The van der Waals surface area contributed by atoms with Crippen LogP contribution in [0.25, 0.3) is 0 Å². The molecule has 0 aliphatic rings. The first-order chi connectivity index (χ1) is 9.79. The van der Waals surface area contributed by atoms with Crippen LogP contribution in [0.2, 0.25) is 0 Å². The van der Waals surface area contributed by atoms with Gasteiger partial charge in [0.15, 0.2) is 5.16 Å². The highest BCUT2D eigenvalue weighted by atomic mass is 32.2. The number of H-pyrrole nitrogens is 1. The van der Waals surface area contributed by atoms with Crippen LogP contribution in [-0.2, 0) is 4.79 Å². The van der Waals surface area contributed by atoms with Crippen molar-refractivity contribution in [1.82, 2.24) is 15.2 Å². The second kappa shape index (κ2) is 7.57. The maximum absolute atomic E-state index is 11.9. The molecule has 0 fully saturated rings. The fourth-order valence-corrected chi connectivity index (χ4v) is 2.64. The quantitative estimate of drug-likeness (QED) is 0.794. The fraction of sp³-hybridized carbons (Fsp3) is 0.167. The van der Waals surface area contributed by atoms with E-state index in [1.165, 1.54) is 29.9 Å². The van der Waals surface area contributed by atoms with Crippen LogP contribution >= 0.6 is 23.5 Å². The number of nitrogens with one attached hydrogen (secondary N) is 2. The topological polar surface area (TPSA) is 94.5 Å². The Bertz CT molecular complexity index is 609. The fourth-order valence-electron chi connectivity index (χ4n) is 1.39. The number of carbonyl (C=O) groups excluding carboxylic acids is 1. The van der Waals surface area contributed by atoms with Crippen LogP contribution < -0.4 is 5.32 Å². The molecule has 6 nitrogen and oxygen atoms in total. The Morgan fingerprint density at radius 2 is 2.25 bits per heavy atom. The van der Waals surface area contributed by atoms with Gasteiger partial charge < -0.3 is 5.32 Å². The van der Waals surface area contributed by atoms with E-state index in [9.17, 15) is 4.79 Å². The van der Waals surface area contributed by atoms with Gasteiger partial charge in [-0.25, -0.2) is 4.98 Å². The minimum Gasteiger partial charge on any atom is -0.324 e. The van der Waals surface area contributed by atoms with Crippen LogP contribution in [0.4, 0.5) is 5.69 Å². The van der Waals surface area contributed by atoms with Gasteiger partial charge in [0.25, 0.3) is 0 Å². The molecule has 0 bridgehead atoms. The Balaban J connectivity index is 1.92. The van der Waals surface area contributed by atoms with Crippen molar-refractivity contribution in [2.24, 2.45) is 0 Å². The summed E-state index contributed by atoms with van der Waals surface area (Å²) < 4.78 is 0. The standard InChI is InChI=1S/C12H11N5OS2/c13-5-6-19-10-4-2-1-3-9(10)16-11(18)7-20-12-14-8-15-17-12/h1-4,8H,6-7H2,(H,16,18)(H,14,15,17). The number of hydrogen-bond donors (Lipinski definition) is 2. The number of para-hydroxylation sites is 1. The average molecular weight is 305 g/mol. The summed E-state index contributed by atoms with van der Waals surface area (Å²) in [5.41, 5.74) is 0.718. The minimum absolute atomic E-state index is 0.128. The highest BCUT2D eigenvalue weighted by Crippen LogP contribution is 2.26. The Hall–Kier alpha value is -1.98. The molecule has 2 N–H and O–H groups in total. The van der Waals surface area contributed by atoms with Gasteiger partial charge in [0.2, 0.25) is 5.91 Å². The number of rotatable bonds is 6.